The fourth-order valence-corrected chi connectivity index (χ4v) is 3.34. The van der Waals surface area contributed by atoms with E-state index < -0.39 is 5.60 Å². The molecule has 1 saturated carbocycles. The van der Waals surface area contributed by atoms with Crippen molar-refractivity contribution in [2.24, 2.45) is 5.92 Å². The number of methoxy groups -OCH3 is 1. The number of hydrogen-bond acceptors (Lipinski definition) is 3. The van der Waals surface area contributed by atoms with Gasteiger partial charge < -0.3 is 9.15 Å². The SMILES string of the molecule is COC1(C(=O)c2cc3cc(F)ccc3o2)CCCC(C)C1. The summed E-state index contributed by atoms with van der Waals surface area (Å²) in [4.78, 5) is 12.8. The Bertz CT molecular complexity index is 676. The van der Waals surface area contributed by atoms with Crippen LogP contribution in [-0.4, -0.2) is 18.5 Å². The number of furan rings is 1. The highest BCUT2D eigenvalue weighted by atomic mass is 19.1. The van der Waals surface area contributed by atoms with Crippen LogP contribution in [0.2, 0.25) is 0 Å². The van der Waals surface area contributed by atoms with Gasteiger partial charge in [-0.05, 0) is 49.4 Å². The van der Waals surface area contributed by atoms with Crippen LogP contribution in [0.5, 0.6) is 0 Å². The monoisotopic (exact) mass is 290 g/mol. The maximum Gasteiger partial charge on any atom is 0.229 e. The molecule has 112 valence electrons. The Kier molecular flexibility index (Phi) is 3.57. The minimum atomic E-state index is -0.802. The molecule has 2 atom stereocenters. The first-order chi connectivity index (χ1) is 10.0. The number of ether oxygens (including phenoxy) is 1. The normalized spacial score (nSPS) is 26.1. The third-order valence-electron chi connectivity index (χ3n) is 4.46. The highest BCUT2D eigenvalue weighted by Crippen LogP contribution is 2.38. The van der Waals surface area contributed by atoms with Crippen LogP contribution in [-0.2, 0) is 4.74 Å². The van der Waals surface area contributed by atoms with E-state index in [4.69, 9.17) is 9.15 Å². The minimum Gasteiger partial charge on any atom is -0.453 e. The predicted octanol–water partition coefficient (Wildman–Crippen LogP) is 4.35. The first-order valence-corrected chi connectivity index (χ1v) is 7.33. The Morgan fingerprint density at radius 3 is 2.95 bits per heavy atom. The Hall–Kier alpha value is -1.68. The lowest BCUT2D eigenvalue weighted by Gasteiger charge is -2.36. The molecule has 1 aromatic carbocycles. The van der Waals surface area contributed by atoms with Gasteiger partial charge in [-0.2, -0.15) is 0 Å². The quantitative estimate of drug-likeness (QED) is 0.789. The van der Waals surface area contributed by atoms with Crippen LogP contribution < -0.4 is 0 Å². The number of fused-ring (bicyclic) bond motifs is 1. The van der Waals surface area contributed by atoms with E-state index in [2.05, 4.69) is 6.92 Å². The molecule has 0 N–H and O–H groups in total. The molecule has 0 saturated heterocycles. The Morgan fingerprint density at radius 1 is 1.43 bits per heavy atom. The van der Waals surface area contributed by atoms with Gasteiger partial charge in [0.25, 0.3) is 0 Å². The van der Waals surface area contributed by atoms with Gasteiger partial charge in [0, 0.05) is 12.5 Å². The van der Waals surface area contributed by atoms with Gasteiger partial charge in [0.05, 0.1) is 0 Å². The highest BCUT2D eigenvalue weighted by Gasteiger charge is 2.43. The number of carbonyl (C=O) groups is 1. The predicted molar refractivity (Wildman–Crippen MR) is 77.9 cm³/mol. The molecule has 0 radical (unpaired) electrons. The molecule has 1 aliphatic rings. The van der Waals surface area contributed by atoms with Gasteiger partial charge in [-0.15, -0.1) is 0 Å². The van der Waals surface area contributed by atoms with Gasteiger partial charge >= 0.3 is 0 Å². The molecule has 3 nitrogen and oxygen atoms in total. The van der Waals surface area contributed by atoms with Crippen LogP contribution in [0.4, 0.5) is 4.39 Å². The molecule has 2 unspecified atom stereocenters. The van der Waals surface area contributed by atoms with Crippen molar-refractivity contribution in [3.63, 3.8) is 0 Å². The summed E-state index contributed by atoms with van der Waals surface area (Å²) in [5, 5.41) is 0.605. The van der Waals surface area contributed by atoms with Crippen molar-refractivity contribution in [1.82, 2.24) is 0 Å². The lowest BCUT2D eigenvalue weighted by atomic mass is 9.76. The standard InChI is InChI=1S/C17H19FO3/c1-11-4-3-7-17(10-11,20-2)16(19)15-9-12-8-13(18)5-6-14(12)21-15/h5-6,8-9,11H,3-4,7,10H2,1-2H3. The van der Waals surface area contributed by atoms with E-state index in [0.717, 1.165) is 12.8 Å². The second kappa shape index (κ2) is 5.26. The van der Waals surface area contributed by atoms with Crippen LogP contribution in [0.15, 0.2) is 28.7 Å². The molecule has 2 aromatic rings. The molecule has 3 rings (SSSR count). The molecule has 21 heavy (non-hydrogen) atoms. The van der Waals surface area contributed by atoms with E-state index in [1.165, 1.54) is 12.1 Å². The molecule has 1 fully saturated rings. The first kappa shape index (κ1) is 14.3. The molecular weight excluding hydrogens is 271 g/mol. The van der Waals surface area contributed by atoms with Crippen molar-refractivity contribution >= 4 is 16.8 Å². The van der Waals surface area contributed by atoms with E-state index >= 15 is 0 Å². The van der Waals surface area contributed by atoms with Gasteiger partial charge in [0.2, 0.25) is 5.78 Å². The smallest absolute Gasteiger partial charge is 0.229 e. The number of benzene rings is 1. The number of rotatable bonds is 3. The molecular formula is C17H19FO3. The number of hydrogen-bond donors (Lipinski definition) is 0. The Labute approximate surface area is 123 Å². The first-order valence-electron chi connectivity index (χ1n) is 7.33. The summed E-state index contributed by atoms with van der Waals surface area (Å²) in [6.07, 6.45) is 3.49. The third-order valence-corrected chi connectivity index (χ3v) is 4.46. The van der Waals surface area contributed by atoms with Gasteiger partial charge in [-0.3, -0.25) is 4.79 Å². The van der Waals surface area contributed by atoms with Gasteiger partial charge in [-0.1, -0.05) is 13.3 Å². The van der Waals surface area contributed by atoms with E-state index in [0.29, 0.717) is 29.7 Å². The molecule has 1 aromatic heterocycles. The summed E-state index contributed by atoms with van der Waals surface area (Å²) in [5.74, 6) is 0.235. The molecule has 0 amide bonds. The summed E-state index contributed by atoms with van der Waals surface area (Å²) < 4.78 is 24.4. The van der Waals surface area contributed by atoms with Crippen LogP contribution >= 0.6 is 0 Å². The van der Waals surface area contributed by atoms with Crippen LogP contribution in [0.3, 0.4) is 0 Å². The van der Waals surface area contributed by atoms with Crippen molar-refractivity contribution in [2.45, 2.75) is 38.2 Å². The zero-order valence-corrected chi connectivity index (χ0v) is 12.3. The zero-order valence-electron chi connectivity index (χ0n) is 12.3. The lowest BCUT2D eigenvalue weighted by Crippen LogP contribution is -2.44. The maximum atomic E-state index is 13.2. The number of carbonyl (C=O) groups excluding carboxylic acids is 1. The number of Topliss-reactive ketones (excluding diaryl/α,β-unsaturated/α-hetero) is 1. The molecule has 0 aliphatic heterocycles. The van der Waals surface area contributed by atoms with Gasteiger partial charge in [0.15, 0.2) is 5.76 Å². The average molecular weight is 290 g/mol. The molecule has 1 heterocycles. The summed E-state index contributed by atoms with van der Waals surface area (Å²) in [6.45, 7) is 2.13. The van der Waals surface area contributed by atoms with E-state index in [9.17, 15) is 9.18 Å². The molecule has 0 spiro atoms. The summed E-state index contributed by atoms with van der Waals surface area (Å²) in [5.41, 5.74) is -0.278. The van der Waals surface area contributed by atoms with E-state index in [1.54, 1.807) is 19.2 Å². The van der Waals surface area contributed by atoms with Crippen LogP contribution in [0.1, 0.15) is 43.2 Å². The van der Waals surface area contributed by atoms with Crippen molar-refractivity contribution in [3.05, 3.63) is 35.8 Å². The molecule has 4 heteroatoms. The van der Waals surface area contributed by atoms with E-state index in [1.807, 2.05) is 0 Å². The van der Waals surface area contributed by atoms with Gasteiger partial charge in [0.1, 0.15) is 17.0 Å². The van der Waals surface area contributed by atoms with Crippen molar-refractivity contribution < 1.29 is 18.3 Å². The van der Waals surface area contributed by atoms with Crippen LogP contribution in [0.25, 0.3) is 11.0 Å². The summed E-state index contributed by atoms with van der Waals surface area (Å²) >= 11 is 0. The largest absolute Gasteiger partial charge is 0.453 e. The second-order valence-electron chi connectivity index (χ2n) is 6.02. The lowest BCUT2D eigenvalue weighted by molar-refractivity contribution is -0.0318. The van der Waals surface area contributed by atoms with Gasteiger partial charge in [-0.25, -0.2) is 4.39 Å². The van der Waals surface area contributed by atoms with Crippen molar-refractivity contribution in [2.75, 3.05) is 7.11 Å². The topological polar surface area (TPSA) is 39.4 Å². The maximum absolute atomic E-state index is 13.2. The number of halogens is 1. The second-order valence-corrected chi connectivity index (χ2v) is 6.02. The summed E-state index contributed by atoms with van der Waals surface area (Å²) in [6, 6.07) is 5.86. The van der Waals surface area contributed by atoms with Crippen LogP contribution in [0, 0.1) is 11.7 Å². The zero-order chi connectivity index (χ0) is 15.0. The fraction of sp³-hybridized carbons (Fsp3) is 0.471. The van der Waals surface area contributed by atoms with Crippen molar-refractivity contribution in [1.29, 1.82) is 0 Å². The molecule has 1 aliphatic carbocycles. The number of ketones is 1. The van der Waals surface area contributed by atoms with Crippen molar-refractivity contribution in [3.8, 4) is 0 Å². The fourth-order valence-electron chi connectivity index (χ4n) is 3.34. The van der Waals surface area contributed by atoms with E-state index in [-0.39, 0.29) is 17.4 Å². The molecule has 0 bridgehead atoms. The minimum absolute atomic E-state index is 0.131. The Morgan fingerprint density at radius 2 is 2.24 bits per heavy atom. The Balaban J connectivity index is 1.98. The third kappa shape index (κ3) is 2.48. The highest BCUT2D eigenvalue weighted by molar-refractivity contribution is 6.03. The summed E-state index contributed by atoms with van der Waals surface area (Å²) in [7, 11) is 1.58. The average Bonchev–Trinajstić information content (AvgIpc) is 2.89.